The lowest BCUT2D eigenvalue weighted by Crippen LogP contribution is -2.03. The maximum Gasteiger partial charge on any atom is 0.349 e. The number of cyclic esters (lactones) is 2. The van der Waals surface area contributed by atoms with Crippen LogP contribution in [0.2, 0.25) is 0 Å². The molecule has 0 amide bonds. The number of carbonyl (C=O) groups is 2. The SMILES string of the molecule is Cn1cccc1C1=C(c2cc3ccccc3[nH]2)C(=O)OC1=O. The summed E-state index contributed by atoms with van der Waals surface area (Å²) in [4.78, 5) is 27.4. The van der Waals surface area contributed by atoms with Crippen molar-refractivity contribution >= 4 is 34.0 Å². The van der Waals surface area contributed by atoms with E-state index in [2.05, 4.69) is 4.98 Å². The first-order valence-corrected chi connectivity index (χ1v) is 6.86. The molecule has 0 saturated heterocycles. The molecule has 5 heteroatoms. The molecule has 0 unspecified atom stereocenters. The molecule has 22 heavy (non-hydrogen) atoms. The number of aromatic nitrogens is 2. The summed E-state index contributed by atoms with van der Waals surface area (Å²) in [7, 11) is 1.82. The first-order valence-electron chi connectivity index (χ1n) is 6.86. The van der Waals surface area contributed by atoms with Crippen LogP contribution in [0.4, 0.5) is 0 Å². The van der Waals surface area contributed by atoms with Gasteiger partial charge in [-0.25, -0.2) is 9.59 Å². The molecular formula is C17H12N2O3. The van der Waals surface area contributed by atoms with Gasteiger partial charge in [0.1, 0.15) is 11.1 Å². The highest BCUT2D eigenvalue weighted by Crippen LogP contribution is 2.34. The number of rotatable bonds is 2. The number of benzene rings is 1. The molecular weight excluding hydrogens is 280 g/mol. The smallest absolute Gasteiger partial charge is 0.349 e. The van der Waals surface area contributed by atoms with Crippen molar-refractivity contribution < 1.29 is 14.3 Å². The van der Waals surface area contributed by atoms with Gasteiger partial charge in [-0.05, 0) is 24.3 Å². The zero-order valence-electron chi connectivity index (χ0n) is 11.8. The summed E-state index contributed by atoms with van der Waals surface area (Å²) < 4.78 is 6.62. The Balaban J connectivity index is 2.00. The van der Waals surface area contributed by atoms with E-state index in [1.54, 1.807) is 10.6 Å². The largest absolute Gasteiger partial charge is 0.386 e. The fourth-order valence-electron chi connectivity index (χ4n) is 2.80. The Kier molecular flexibility index (Phi) is 2.56. The van der Waals surface area contributed by atoms with Crippen molar-refractivity contribution in [3.8, 4) is 0 Å². The van der Waals surface area contributed by atoms with Crippen molar-refractivity contribution in [3.05, 3.63) is 60.0 Å². The zero-order chi connectivity index (χ0) is 15.3. The summed E-state index contributed by atoms with van der Waals surface area (Å²) in [6.45, 7) is 0. The van der Waals surface area contributed by atoms with Crippen LogP contribution in [0.5, 0.6) is 0 Å². The van der Waals surface area contributed by atoms with Gasteiger partial charge < -0.3 is 14.3 Å². The summed E-state index contributed by atoms with van der Waals surface area (Å²) in [5, 5.41) is 0.975. The van der Waals surface area contributed by atoms with Crippen LogP contribution in [0, 0.1) is 0 Å². The van der Waals surface area contributed by atoms with Crippen molar-refractivity contribution in [3.63, 3.8) is 0 Å². The number of hydrogen-bond donors (Lipinski definition) is 1. The second-order valence-corrected chi connectivity index (χ2v) is 5.20. The number of ether oxygens (including phenoxy) is 1. The Hall–Kier alpha value is -3.08. The maximum absolute atomic E-state index is 12.1. The molecule has 1 N–H and O–H groups in total. The van der Waals surface area contributed by atoms with E-state index < -0.39 is 11.9 Å². The van der Waals surface area contributed by atoms with Crippen LogP contribution in [0.1, 0.15) is 11.4 Å². The van der Waals surface area contributed by atoms with Crippen molar-refractivity contribution in [2.45, 2.75) is 0 Å². The van der Waals surface area contributed by atoms with E-state index in [4.69, 9.17) is 4.74 Å². The summed E-state index contributed by atoms with van der Waals surface area (Å²) in [6.07, 6.45) is 1.82. The molecule has 0 bridgehead atoms. The number of para-hydroxylation sites is 1. The number of nitrogens with zero attached hydrogens (tertiary/aromatic N) is 1. The molecule has 4 rings (SSSR count). The van der Waals surface area contributed by atoms with E-state index in [0.29, 0.717) is 17.0 Å². The predicted molar refractivity (Wildman–Crippen MR) is 81.6 cm³/mol. The van der Waals surface area contributed by atoms with Crippen molar-refractivity contribution in [1.29, 1.82) is 0 Å². The van der Waals surface area contributed by atoms with Crippen LogP contribution in [-0.4, -0.2) is 21.5 Å². The second-order valence-electron chi connectivity index (χ2n) is 5.20. The van der Waals surface area contributed by atoms with Crippen molar-refractivity contribution in [2.24, 2.45) is 7.05 Å². The predicted octanol–water partition coefficient (Wildman–Crippen LogP) is 2.50. The Morgan fingerprint density at radius 1 is 1.00 bits per heavy atom. The van der Waals surface area contributed by atoms with Gasteiger partial charge in [-0.2, -0.15) is 0 Å². The maximum atomic E-state index is 12.1. The third kappa shape index (κ3) is 1.72. The minimum absolute atomic E-state index is 0.281. The molecule has 3 aromatic rings. The molecule has 0 saturated carbocycles. The lowest BCUT2D eigenvalue weighted by atomic mass is 10.0. The van der Waals surface area contributed by atoms with Gasteiger partial charge in [0.15, 0.2) is 0 Å². The fourth-order valence-corrected chi connectivity index (χ4v) is 2.80. The quantitative estimate of drug-likeness (QED) is 0.583. The van der Waals surface area contributed by atoms with E-state index in [-0.39, 0.29) is 5.57 Å². The monoisotopic (exact) mass is 292 g/mol. The second kappa shape index (κ2) is 4.46. The number of aryl methyl sites for hydroxylation is 1. The van der Waals surface area contributed by atoms with E-state index >= 15 is 0 Å². The Bertz CT molecular complexity index is 926. The van der Waals surface area contributed by atoms with Gasteiger partial charge >= 0.3 is 11.9 Å². The Labute approximate surface area is 125 Å². The molecule has 0 fully saturated rings. The van der Waals surface area contributed by atoms with Gasteiger partial charge in [-0.1, -0.05) is 18.2 Å². The molecule has 1 aliphatic rings. The average molecular weight is 292 g/mol. The number of aromatic amines is 1. The lowest BCUT2D eigenvalue weighted by molar-refractivity contribution is -0.149. The van der Waals surface area contributed by atoms with Crippen LogP contribution in [0.15, 0.2) is 48.7 Å². The standard InChI is InChI=1S/C17H12N2O3/c1-19-8-4-7-13(19)15-14(16(20)22-17(15)21)12-9-10-5-2-3-6-11(10)18-12/h2-9,18H,1H3. The van der Waals surface area contributed by atoms with E-state index in [0.717, 1.165) is 10.9 Å². The van der Waals surface area contributed by atoms with Gasteiger partial charge in [0.25, 0.3) is 0 Å². The van der Waals surface area contributed by atoms with E-state index in [9.17, 15) is 9.59 Å². The molecule has 108 valence electrons. The fraction of sp³-hybridized carbons (Fsp3) is 0.0588. The average Bonchev–Trinajstić information content (AvgIpc) is 3.15. The van der Waals surface area contributed by atoms with Gasteiger partial charge in [-0.15, -0.1) is 0 Å². The number of esters is 2. The Morgan fingerprint density at radius 2 is 1.77 bits per heavy atom. The molecule has 0 atom stereocenters. The summed E-state index contributed by atoms with van der Waals surface area (Å²) in [6, 6.07) is 13.2. The van der Waals surface area contributed by atoms with Gasteiger partial charge in [0.2, 0.25) is 0 Å². The minimum atomic E-state index is -0.618. The highest BCUT2D eigenvalue weighted by atomic mass is 16.6. The molecule has 0 aliphatic carbocycles. The molecule has 5 nitrogen and oxygen atoms in total. The topological polar surface area (TPSA) is 64.1 Å². The van der Waals surface area contributed by atoms with Crippen LogP contribution < -0.4 is 0 Å². The third-order valence-electron chi connectivity index (χ3n) is 3.84. The molecule has 0 radical (unpaired) electrons. The highest BCUT2D eigenvalue weighted by Gasteiger charge is 2.36. The summed E-state index contributed by atoms with van der Waals surface area (Å²) in [5.41, 5.74) is 2.73. The number of carbonyl (C=O) groups excluding carboxylic acids is 2. The molecule has 0 spiro atoms. The number of nitrogens with one attached hydrogen (secondary N) is 1. The van der Waals surface area contributed by atoms with Crippen LogP contribution in [0.25, 0.3) is 22.0 Å². The number of H-pyrrole nitrogens is 1. The van der Waals surface area contributed by atoms with Crippen LogP contribution >= 0.6 is 0 Å². The van der Waals surface area contributed by atoms with Crippen LogP contribution in [-0.2, 0) is 21.4 Å². The number of fused-ring (bicyclic) bond motifs is 1. The zero-order valence-corrected chi connectivity index (χ0v) is 11.8. The molecule has 2 aromatic heterocycles. The molecule has 1 aliphatic heterocycles. The first-order chi connectivity index (χ1) is 10.6. The van der Waals surface area contributed by atoms with Gasteiger partial charge in [-0.3, -0.25) is 0 Å². The number of hydrogen-bond acceptors (Lipinski definition) is 3. The van der Waals surface area contributed by atoms with Crippen molar-refractivity contribution in [1.82, 2.24) is 9.55 Å². The van der Waals surface area contributed by atoms with Crippen molar-refractivity contribution in [2.75, 3.05) is 0 Å². The highest BCUT2D eigenvalue weighted by molar-refractivity contribution is 6.44. The Morgan fingerprint density at radius 3 is 2.50 bits per heavy atom. The van der Waals surface area contributed by atoms with E-state index in [1.807, 2.05) is 49.6 Å². The lowest BCUT2D eigenvalue weighted by Gasteiger charge is -2.02. The third-order valence-corrected chi connectivity index (χ3v) is 3.84. The van der Waals surface area contributed by atoms with Gasteiger partial charge in [0.05, 0.1) is 11.4 Å². The summed E-state index contributed by atoms with van der Waals surface area (Å²) in [5.74, 6) is -1.23. The normalized spacial score (nSPS) is 15.0. The minimum Gasteiger partial charge on any atom is -0.386 e. The van der Waals surface area contributed by atoms with Crippen LogP contribution in [0.3, 0.4) is 0 Å². The molecule has 1 aromatic carbocycles. The van der Waals surface area contributed by atoms with Gasteiger partial charge in [0, 0.05) is 24.1 Å². The van der Waals surface area contributed by atoms with E-state index in [1.165, 1.54) is 0 Å². The first kappa shape index (κ1) is 12.6. The molecule has 3 heterocycles. The summed E-state index contributed by atoms with van der Waals surface area (Å²) >= 11 is 0.